The number of aromatic nitrogens is 2. The smallest absolute Gasteiger partial charge is 0.331 e. The largest absolute Gasteiger partial charge is 0.494 e. The molecule has 0 spiro atoms. The lowest BCUT2D eigenvalue weighted by Gasteiger charge is -2.11. The molecule has 2 N–H and O–H groups in total. The Labute approximate surface area is 165 Å². The van der Waals surface area contributed by atoms with E-state index in [0.29, 0.717) is 17.7 Å². The summed E-state index contributed by atoms with van der Waals surface area (Å²) in [5.41, 5.74) is 2.49. The number of fused-ring (bicyclic) bond motifs is 1. The molecule has 0 saturated carbocycles. The third-order valence-corrected chi connectivity index (χ3v) is 4.90. The molecule has 1 aromatic heterocycles. The van der Waals surface area contributed by atoms with E-state index >= 15 is 0 Å². The van der Waals surface area contributed by atoms with Gasteiger partial charge in [-0.15, -0.1) is 0 Å². The van der Waals surface area contributed by atoms with Crippen LogP contribution in [0.5, 0.6) is 5.88 Å². The van der Waals surface area contributed by atoms with Crippen LogP contribution in [0.25, 0.3) is 11.6 Å². The number of hydrogen-bond donors (Lipinski definition) is 2. The standard InChI is InChI=1S/C22H18FN3O3/c1-13-17(16-4-2-3-5-19(16)24-13)12-18-20(27)25-22(29)26(21(18)28)11-10-14-6-8-15(23)9-7-14/h2-9,12,28H,10-11H2,1H3,(H,25,27,29)/b17-12+. The Balaban J connectivity index is 1.73. The number of nitrogens with one attached hydrogen (secondary N) is 1. The molecule has 29 heavy (non-hydrogen) atoms. The van der Waals surface area contributed by atoms with Gasteiger partial charge in [-0.2, -0.15) is 0 Å². The maximum Gasteiger partial charge on any atom is 0.331 e. The van der Waals surface area contributed by atoms with Gasteiger partial charge in [0.05, 0.1) is 5.69 Å². The summed E-state index contributed by atoms with van der Waals surface area (Å²) in [6.07, 6.45) is 1.94. The predicted molar refractivity (Wildman–Crippen MR) is 110 cm³/mol. The summed E-state index contributed by atoms with van der Waals surface area (Å²) in [6, 6.07) is 13.4. The first kappa shape index (κ1) is 18.6. The minimum atomic E-state index is -0.700. The van der Waals surface area contributed by atoms with Gasteiger partial charge in [-0.05, 0) is 43.2 Å². The van der Waals surface area contributed by atoms with Gasteiger partial charge in [-0.3, -0.25) is 19.3 Å². The van der Waals surface area contributed by atoms with Crippen LogP contribution in [0, 0.1) is 5.82 Å². The summed E-state index contributed by atoms with van der Waals surface area (Å²) in [7, 11) is 0. The highest BCUT2D eigenvalue weighted by Gasteiger charge is 2.20. The molecule has 0 unspecified atom stereocenters. The molecule has 0 saturated heterocycles. The van der Waals surface area contributed by atoms with Crippen molar-refractivity contribution in [3.63, 3.8) is 0 Å². The van der Waals surface area contributed by atoms with Crippen molar-refractivity contribution >= 4 is 23.0 Å². The molecule has 0 aliphatic carbocycles. The lowest BCUT2D eigenvalue weighted by molar-refractivity contribution is 0.399. The molecule has 2 heterocycles. The van der Waals surface area contributed by atoms with Gasteiger partial charge in [0.25, 0.3) is 5.56 Å². The zero-order chi connectivity index (χ0) is 20.5. The number of aryl methyl sites for hydroxylation is 1. The maximum atomic E-state index is 13.1. The van der Waals surface area contributed by atoms with Crippen molar-refractivity contribution < 1.29 is 9.50 Å². The van der Waals surface area contributed by atoms with Crippen molar-refractivity contribution in [1.29, 1.82) is 0 Å². The predicted octanol–water partition coefficient (Wildman–Crippen LogP) is 3.27. The van der Waals surface area contributed by atoms with Crippen molar-refractivity contribution in [3.8, 4) is 5.88 Å². The first-order chi connectivity index (χ1) is 13.9. The van der Waals surface area contributed by atoms with Crippen LogP contribution in [0.2, 0.25) is 0 Å². The molecule has 3 aromatic rings. The summed E-state index contributed by atoms with van der Waals surface area (Å²) < 4.78 is 14.2. The second-order valence-electron chi connectivity index (χ2n) is 6.80. The SMILES string of the molecule is CC1=Nc2ccccc2/C1=C/c1c(O)n(CCc2ccc(F)cc2)c(=O)[nH]c1=O. The van der Waals surface area contributed by atoms with Crippen molar-refractivity contribution in [3.05, 3.63) is 91.9 Å². The van der Waals surface area contributed by atoms with Crippen molar-refractivity contribution in [2.45, 2.75) is 19.9 Å². The van der Waals surface area contributed by atoms with Crippen LogP contribution >= 0.6 is 0 Å². The molecule has 6 nitrogen and oxygen atoms in total. The fraction of sp³-hybridized carbons (Fsp3) is 0.136. The van der Waals surface area contributed by atoms with E-state index in [1.165, 1.54) is 12.1 Å². The molecular formula is C22H18FN3O3. The second kappa shape index (κ2) is 7.35. The summed E-state index contributed by atoms with van der Waals surface area (Å²) in [5, 5.41) is 10.7. The van der Waals surface area contributed by atoms with E-state index in [1.807, 2.05) is 31.2 Å². The molecule has 146 valence electrons. The molecule has 1 aliphatic heterocycles. The highest BCUT2D eigenvalue weighted by molar-refractivity contribution is 6.31. The van der Waals surface area contributed by atoms with Crippen LogP contribution in [0.15, 0.2) is 63.1 Å². The number of benzene rings is 2. The average Bonchev–Trinajstić information content (AvgIpc) is 3.01. The lowest BCUT2D eigenvalue weighted by Crippen LogP contribution is -2.32. The van der Waals surface area contributed by atoms with Crippen LogP contribution in [0.3, 0.4) is 0 Å². The fourth-order valence-electron chi connectivity index (χ4n) is 3.37. The van der Waals surface area contributed by atoms with Crippen LogP contribution < -0.4 is 11.2 Å². The molecule has 7 heteroatoms. The topological polar surface area (TPSA) is 87.4 Å². The number of aliphatic imine (C=N–C) groups is 1. The van der Waals surface area contributed by atoms with Gasteiger partial charge in [0, 0.05) is 23.4 Å². The number of allylic oxidation sites excluding steroid dienone is 1. The molecule has 0 fully saturated rings. The van der Waals surface area contributed by atoms with Crippen LogP contribution in [0.1, 0.15) is 23.6 Å². The van der Waals surface area contributed by atoms with Crippen LogP contribution in [-0.4, -0.2) is 20.4 Å². The summed E-state index contributed by atoms with van der Waals surface area (Å²) in [4.78, 5) is 31.3. The van der Waals surface area contributed by atoms with E-state index in [2.05, 4.69) is 9.98 Å². The Bertz CT molecular complexity index is 1270. The van der Waals surface area contributed by atoms with Crippen molar-refractivity contribution in [1.82, 2.24) is 9.55 Å². The van der Waals surface area contributed by atoms with Gasteiger partial charge in [-0.1, -0.05) is 30.3 Å². The maximum absolute atomic E-state index is 13.1. The number of nitrogens with zero attached hydrogens (tertiary/aromatic N) is 2. The second-order valence-corrected chi connectivity index (χ2v) is 6.80. The monoisotopic (exact) mass is 391 g/mol. The van der Waals surface area contributed by atoms with Gasteiger partial charge >= 0.3 is 5.69 Å². The van der Waals surface area contributed by atoms with Gasteiger partial charge in [0.15, 0.2) is 0 Å². The molecule has 2 aromatic carbocycles. The Morgan fingerprint density at radius 1 is 1.14 bits per heavy atom. The van der Waals surface area contributed by atoms with Crippen molar-refractivity contribution in [2.75, 3.05) is 0 Å². The average molecular weight is 391 g/mol. The molecule has 1 aliphatic rings. The zero-order valence-corrected chi connectivity index (χ0v) is 15.6. The highest BCUT2D eigenvalue weighted by atomic mass is 19.1. The van der Waals surface area contributed by atoms with E-state index < -0.39 is 17.1 Å². The Hall–Kier alpha value is -3.74. The Kier molecular flexibility index (Phi) is 4.72. The van der Waals surface area contributed by atoms with E-state index in [-0.39, 0.29) is 17.9 Å². The van der Waals surface area contributed by atoms with E-state index in [1.54, 1.807) is 18.2 Å². The van der Waals surface area contributed by atoms with Gasteiger partial charge in [0.1, 0.15) is 11.4 Å². The third kappa shape index (κ3) is 3.54. The third-order valence-electron chi connectivity index (χ3n) is 4.90. The molecule has 0 atom stereocenters. The Morgan fingerprint density at radius 3 is 2.62 bits per heavy atom. The number of hydrogen-bond acceptors (Lipinski definition) is 4. The minimum absolute atomic E-state index is 0.00930. The summed E-state index contributed by atoms with van der Waals surface area (Å²) in [6.45, 7) is 1.95. The van der Waals surface area contributed by atoms with E-state index in [4.69, 9.17) is 0 Å². The van der Waals surface area contributed by atoms with Crippen molar-refractivity contribution in [2.24, 2.45) is 4.99 Å². The molecule has 0 bridgehead atoms. The molecule has 0 amide bonds. The molecule has 0 radical (unpaired) electrons. The number of aromatic amines is 1. The highest BCUT2D eigenvalue weighted by Crippen LogP contribution is 2.35. The number of halogens is 1. The minimum Gasteiger partial charge on any atom is -0.494 e. The first-order valence-corrected chi connectivity index (χ1v) is 9.11. The number of H-pyrrole nitrogens is 1. The van der Waals surface area contributed by atoms with E-state index in [9.17, 15) is 19.1 Å². The first-order valence-electron chi connectivity index (χ1n) is 9.11. The molecular weight excluding hydrogens is 373 g/mol. The number of rotatable bonds is 4. The van der Waals surface area contributed by atoms with Crippen LogP contribution in [-0.2, 0) is 13.0 Å². The van der Waals surface area contributed by atoms with Gasteiger partial charge < -0.3 is 5.11 Å². The van der Waals surface area contributed by atoms with Gasteiger partial charge in [-0.25, -0.2) is 9.18 Å². The zero-order valence-electron chi connectivity index (χ0n) is 15.6. The molecule has 4 rings (SSSR count). The summed E-state index contributed by atoms with van der Waals surface area (Å²) in [5.74, 6) is -0.758. The Morgan fingerprint density at radius 2 is 1.86 bits per heavy atom. The summed E-state index contributed by atoms with van der Waals surface area (Å²) >= 11 is 0. The number of para-hydroxylation sites is 1. The van der Waals surface area contributed by atoms with Crippen LogP contribution in [0.4, 0.5) is 10.1 Å². The van der Waals surface area contributed by atoms with E-state index in [0.717, 1.165) is 21.4 Å². The quantitative estimate of drug-likeness (QED) is 0.716. The fourth-order valence-corrected chi connectivity index (χ4v) is 3.37. The van der Waals surface area contributed by atoms with Gasteiger partial charge in [0.2, 0.25) is 5.88 Å². The normalized spacial score (nSPS) is 14.1. The lowest BCUT2D eigenvalue weighted by atomic mass is 10.0. The number of aromatic hydroxyl groups is 1.